The fourth-order valence-corrected chi connectivity index (χ4v) is 0.0527. The van der Waals surface area contributed by atoms with Crippen LogP contribution in [-0.4, -0.2) is 11.9 Å². The third kappa shape index (κ3) is 8.86. The van der Waals surface area contributed by atoms with Crippen molar-refractivity contribution >= 4 is 0 Å². The van der Waals surface area contributed by atoms with Crippen molar-refractivity contribution in [2.24, 2.45) is 0 Å². The molecule has 0 heterocycles. The van der Waals surface area contributed by atoms with Crippen molar-refractivity contribution in [1.29, 1.82) is 0 Å². The van der Waals surface area contributed by atoms with Gasteiger partial charge in [0, 0.05) is 19.5 Å². The van der Waals surface area contributed by atoms with E-state index in [0.29, 0.717) is 0 Å². The van der Waals surface area contributed by atoms with E-state index >= 15 is 0 Å². The quantitative estimate of drug-likeness (QED) is 0.264. The Hall–Kier alpha value is 0.283. The molecule has 32 valence electrons. The zero-order chi connectivity index (χ0) is 4.12. The van der Waals surface area contributed by atoms with E-state index in [9.17, 15) is 0 Å². The monoisotopic (exact) mass is 138 g/mol. The fraction of sp³-hybridized carbons (Fsp3) is 0.333. The van der Waals surface area contributed by atoms with Crippen molar-refractivity contribution in [3.05, 3.63) is 12.7 Å². The van der Waals surface area contributed by atoms with E-state index in [1.54, 1.807) is 0 Å². The van der Waals surface area contributed by atoms with E-state index in [2.05, 4.69) is 11.5 Å². The maximum Gasteiger partial charge on any atom is 0.0998 e. The van der Waals surface area contributed by atoms with Crippen molar-refractivity contribution in [3.8, 4) is 0 Å². The average molecular weight is 139 g/mol. The Kier molecular flexibility index (Phi) is 14.3. The Morgan fingerprint density at radius 3 is 2.33 bits per heavy atom. The first-order valence-electron chi connectivity index (χ1n) is 1.29. The van der Waals surface area contributed by atoms with Crippen LogP contribution in [0.25, 0.3) is 0 Å². The van der Waals surface area contributed by atoms with E-state index in [1.165, 1.54) is 6.08 Å². The summed E-state index contributed by atoms with van der Waals surface area (Å²) in [5, 5.41) is 7.50. The largest absolute Gasteiger partial charge is 0.252 e. The van der Waals surface area contributed by atoms with Crippen molar-refractivity contribution in [2.45, 2.75) is 0 Å². The first-order chi connectivity index (χ1) is 2.41. The molecule has 0 amide bonds. The van der Waals surface area contributed by atoms with Crippen LogP contribution in [0.1, 0.15) is 0 Å². The summed E-state index contributed by atoms with van der Waals surface area (Å²) in [5.74, 6) is 0. The minimum absolute atomic E-state index is 0. The van der Waals surface area contributed by atoms with Crippen LogP contribution in [0.15, 0.2) is 12.7 Å². The SMILES string of the molecule is C=CCOO.[Zn]. The fourth-order valence-electron chi connectivity index (χ4n) is 0.0527. The van der Waals surface area contributed by atoms with Gasteiger partial charge in [0.2, 0.25) is 0 Å². The van der Waals surface area contributed by atoms with E-state index in [-0.39, 0.29) is 26.1 Å². The van der Waals surface area contributed by atoms with Crippen molar-refractivity contribution < 1.29 is 29.6 Å². The van der Waals surface area contributed by atoms with Crippen molar-refractivity contribution in [2.75, 3.05) is 6.61 Å². The van der Waals surface area contributed by atoms with Crippen LogP contribution in [0, 0.1) is 0 Å². The topological polar surface area (TPSA) is 29.5 Å². The Morgan fingerprint density at radius 2 is 2.33 bits per heavy atom. The zero-order valence-corrected chi connectivity index (χ0v) is 6.52. The first-order valence-corrected chi connectivity index (χ1v) is 1.29. The van der Waals surface area contributed by atoms with Gasteiger partial charge < -0.3 is 0 Å². The molecule has 0 fully saturated rings. The van der Waals surface area contributed by atoms with Crippen LogP contribution in [0.2, 0.25) is 0 Å². The Bertz CT molecular complexity index is 30.0. The first kappa shape index (κ1) is 9.56. The molecule has 0 aromatic rings. The second-order valence-corrected chi connectivity index (χ2v) is 0.584. The third-order valence-electron chi connectivity index (χ3n) is 0.192. The van der Waals surface area contributed by atoms with E-state index in [0.717, 1.165) is 0 Å². The van der Waals surface area contributed by atoms with Crippen LogP contribution in [0.3, 0.4) is 0 Å². The molecule has 2 nitrogen and oxygen atoms in total. The summed E-state index contributed by atoms with van der Waals surface area (Å²) in [5.41, 5.74) is 0. The second kappa shape index (κ2) is 8.99. The van der Waals surface area contributed by atoms with Gasteiger partial charge in [-0.15, -0.1) is 6.58 Å². The van der Waals surface area contributed by atoms with Crippen LogP contribution in [0.4, 0.5) is 0 Å². The normalized spacial score (nSPS) is 6.17. The molecule has 0 aliphatic rings. The summed E-state index contributed by atoms with van der Waals surface area (Å²) in [4.78, 5) is 3.57. The standard InChI is InChI=1S/C3H6O2.Zn/c1-2-3-5-4;/h2,4H,1,3H2;. The van der Waals surface area contributed by atoms with Crippen LogP contribution in [0.5, 0.6) is 0 Å². The third-order valence-corrected chi connectivity index (χ3v) is 0.192. The molecule has 6 heavy (non-hydrogen) atoms. The molecule has 0 aromatic heterocycles. The van der Waals surface area contributed by atoms with E-state index in [1.807, 2.05) is 0 Å². The van der Waals surface area contributed by atoms with Gasteiger partial charge in [0.05, 0.1) is 6.61 Å². The number of hydrogen-bond donors (Lipinski definition) is 1. The van der Waals surface area contributed by atoms with Gasteiger partial charge in [-0.05, 0) is 0 Å². The zero-order valence-electron chi connectivity index (χ0n) is 3.55. The van der Waals surface area contributed by atoms with Crippen LogP contribution in [-0.2, 0) is 24.4 Å². The van der Waals surface area contributed by atoms with Gasteiger partial charge in [-0.3, -0.25) is 5.26 Å². The van der Waals surface area contributed by atoms with E-state index in [4.69, 9.17) is 5.26 Å². The van der Waals surface area contributed by atoms with Gasteiger partial charge in [0.25, 0.3) is 0 Å². The summed E-state index contributed by atoms with van der Waals surface area (Å²) in [6.07, 6.45) is 1.46. The molecule has 0 bridgehead atoms. The van der Waals surface area contributed by atoms with Gasteiger partial charge in [0.15, 0.2) is 0 Å². The van der Waals surface area contributed by atoms with Gasteiger partial charge in [-0.25, -0.2) is 4.89 Å². The molecule has 0 atom stereocenters. The molecule has 0 aliphatic carbocycles. The molecule has 3 heteroatoms. The van der Waals surface area contributed by atoms with Gasteiger partial charge >= 0.3 is 0 Å². The summed E-state index contributed by atoms with van der Waals surface area (Å²) >= 11 is 0. The molecule has 0 saturated carbocycles. The summed E-state index contributed by atoms with van der Waals surface area (Å²) < 4.78 is 0. The average Bonchev–Trinajstić information content (AvgIpc) is 1.41. The van der Waals surface area contributed by atoms with Crippen molar-refractivity contribution in [3.63, 3.8) is 0 Å². The Morgan fingerprint density at radius 1 is 1.83 bits per heavy atom. The molecule has 0 saturated heterocycles. The van der Waals surface area contributed by atoms with Crippen molar-refractivity contribution in [1.82, 2.24) is 0 Å². The van der Waals surface area contributed by atoms with Gasteiger partial charge in [-0.1, -0.05) is 6.08 Å². The molecular weight excluding hydrogens is 133 g/mol. The smallest absolute Gasteiger partial charge is 0.0998 e. The predicted octanol–water partition coefficient (Wildman–Crippen LogP) is 0.659. The Balaban J connectivity index is 0. The molecule has 0 aromatic carbocycles. The molecule has 0 radical (unpaired) electrons. The van der Waals surface area contributed by atoms with Crippen LogP contribution >= 0.6 is 0 Å². The Labute approximate surface area is 49.5 Å². The minimum atomic E-state index is 0. The minimum Gasteiger partial charge on any atom is -0.252 e. The maximum absolute atomic E-state index is 7.50. The van der Waals surface area contributed by atoms with Gasteiger partial charge in [-0.2, -0.15) is 0 Å². The predicted molar refractivity (Wildman–Crippen MR) is 18.8 cm³/mol. The molecule has 1 N–H and O–H groups in total. The van der Waals surface area contributed by atoms with Gasteiger partial charge in [0.1, 0.15) is 0 Å². The summed E-state index contributed by atoms with van der Waals surface area (Å²) in [6, 6.07) is 0. The molecular formula is C3H6O2Zn. The van der Waals surface area contributed by atoms with Crippen LogP contribution < -0.4 is 0 Å². The molecule has 0 spiro atoms. The summed E-state index contributed by atoms with van der Waals surface area (Å²) in [7, 11) is 0. The number of rotatable bonds is 2. The molecule has 0 unspecified atom stereocenters. The second-order valence-electron chi connectivity index (χ2n) is 0.584. The molecule has 0 aliphatic heterocycles. The maximum atomic E-state index is 7.50. The number of hydrogen-bond acceptors (Lipinski definition) is 2. The summed E-state index contributed by atoms with van der Waals surface area (Å²) in [6.45, 7) is 3.47. The molecule has 0 rings (SSSR count). The van der Waals surface area contributed by atoms with E-state index < -0.39 is 0 Å².